The van der Waals surface area contributed by atoms with Gasteiger partial charge in [0.2, 0.25) is 5.91 Å². The molecule has 19 heavy (non-hydrogen) atoms. The van der Waals surface area contributed by atoms with Crippen LogP contribution in [0.2, 0.25) is 0 Å². The summed E-state index contributed by atoms with van der Waals surface area (Å²) >= 11 is 0. The summed E-state index contributed by atoms with van der Waals surface area (Å²) < 4.78 is 0. The third kappa shape index (κ3) is 3.31. The number of hydrogen-bond acceptors (Lipinski definition) is 2. The molecular weight excluding hydrogens is 236 g/mol. The molecule has 2 aliphatic rings. The van der Waals surface area contributed by atoms with Crippen LogP contribution in [0.4, 0.5) is 0 Å². The van der Waals surface area contributed by atoms with Gasteiger partial charge in [0.25, 0.3) is 0 Å². The number of carbonyl (C=O) groups excluding carboxylic acids is 1. The average Bonchev–Trinajstić information content (AvgIpc) is 2.40. The lowest BCUT2D eigenvalue weighted by Gasteiger charge is -2.42. The van der Waals surface area contributed by atoms with E-state index in [0.717, 1.165) is 25.8 Å². The normalized spacial score (nSPS) is 33.1. The number of likely N-dealkylation sites (N-methyl/N-ethyl adjacent to an activating group) is 1. The second-order valence-electron chi connectivity index (χ2n) is 6.74. The smallest absolute Gasteiger partial charge is 0.242 e. The highest BCUT2D eigenvalue weighted by atomic mass is 16.2. The first kappa shape index (κ1) is 14.8. The van der Waals surface area contributed by atoms with E-state index in [4.69, 9.17) is 5.73 Å². The van der Waals surface area contributed by atoms with Crippen molar-refractivity contribution < 1.29 is 4.79 Å². The zero-order valence-corrected chi connectivity index (χ0v) is 12.7. The maximum Gasteiger partial charge on any atom is 0.242 e. The Bertz CT molecular complexity index is 312. The summed E-state index contributed by atoms with van der Waals surface area (Å²) in [6, 6.07) is 0.448. The number of nitrogens with zero attached hydrogens (tertiary/aromatic N) is 1. The minimum atomic E-state index is -0.578. The predicted octanol–water partition coefficient (Wildman–Crippen LogP) is 3.08. The number of carbonyl (C=O) groups is 1. The van der Waals surface area contributed by atoms with E-state index < -0.39 is 5.54 Å². The lowest BCUT2D eigenvalue weighted by atomic mass is 9.76. The van der Waals surface area contributed by atoms with Gasteiger partial charge in [0.15, 0.2) is 0 Å². The van der Waals surface area contributed by atoms with Gasteiger partial charge in [0.1, 0.15) is 0 Å². The van der Waals surface area contributed by atoms with E-state index in [1.165, 1.54) is 38.5 Å². The second kappa shape index (κ2) is 6.25. The highest BCUT2D eigenvalue weighted by Gasteiger charge is 2.41. The van der Waals surface area contributed by atoms with Gasteiger partial charge in [0.05, 0.1) is 5.54 Å². The van der Waals surface area contributed by atoms with Gasteiger partial charge in [-0.1, -0.05) is 39.0 Å². The van der Waals surface area contributed by atoms with E-state index in [-0.39, 0.29) is 5.91 Å². The molecule has 2 atom stereocenters. The molecule has 2 saturated carbocycles. The molecule has 0 radical (unpaired) electrons. The average molecular weight is 266 g/mol. The number of amides is 1. The lowest BCUT2D eigenvalue weighted by molar-refractivity contribution is -0.141. The first-order valence-corrected chi connectivity index (χ1v) is 8.17. The zero-order valence-electron chi connectivity index (χ0n) is 12.7. The molecule has 0 aromatic rings. The summed E-state index contributed by atoms with van der Waals surface area (Å²) in [5, 5.41) is 0. The maximum atomic E-state index is 12.9. The molecule has 0 aliphatic heterocycles. The van der Waals surface area contributed by atoms with Crippen molar-refractivity contribution in [3.8, 4) is 0 Å². The van der Waals surface area contributed by atoms with Crippen molar-refractivity contribution in [3.05, 3.63) is 0 Å². The monoisotopic (exact) mass is 266 g/mol. The molecule has 2 unspecified atom stereocenters. The number of nitrogens with two attached hydrogens (primary N) is 1. The molecule has 0 spiro atoms. The summed E-state index contributed by atoms with van der Waals surface area (Å²) in [4.78, 5) is 15.0. The van der Waals surface area contributed by atoms with Crippen molar-refractivity contribution in [2.45, 2.75) is 83.2 Å². The van der Waals surface area contributed by atoms with Gasteiger partial charge < -0.3 is 10.6 Å². The van der Waals surface area contributed by atoms with Crippen LogP contribution in [-0.2, 0) is 4.79 Å². The van der Waals surface area contributed by atoms with Crippen LogP contribution >= 0.6 is 0 Å². The molecule has 2 rings (SSSR count). The molecule has 3 heteroatoms. The summed E-state index contributed by atoms with van der Waals surface area (Å²) in [6.07, 6.45) is 10.3. The third-order valence-electron chi connectivity index (χ3n) is 5.08. The SMILES string of the molecule is CCN(C(=O)C1(N)CCCC(C)C1)C1CCCCC1. The maximum absolute atomic E-state index is 12.9. The summed E-state index contributed by atoms with van der Waals surface area (Å²) in [5.74, 6) is 0.821. The fourth-order valence-electron chi connectivity index (χ4n) is 4.03. The first-order chi connectivity index (χ1) is 9.07. The minimum absolute atomic E-state index is 0.230. The van der Waals surface area contributed by atoms with Crippen molar-refractivity contribution in [1.29, 1.82) is 0 Å². The second-order valence-corrected chi connectivity index (χ2v) is 6.74. The molecule has 0 heterocycles. The summed E-state index contributed by atoms with van der Waals surface area (Å²) in [7, 11) is 0. The standard InChI is InChI=1S/C16H30N2O/c1-3-18(14-9-5-4-6-10-14)15(19)16(17)11-7-8-13(2)12-16/h13-14H,3-12,17H2,1-2H3. The van der Waals surface area contributed by atoms with Crippen LogP contribution in [0.25, 0.3) is 0 Å². The Morgan fingerprint density at radius 1 is 1.21 bits per heavy atom. The Hall–Kier alpha value is -0.570. The molecule has 2 fully saturated rings. The Morgan fingerprint density at radius 2 is 1.89 bits per heavy atom. The third-order valence-corrected chi connectivity index (χ3v) is 5.08. The van der Waals surface area contributed by atoms with Crippen LogP contribution in [0.1, 0.15) is 71.6 Å². The number of rotatable bonds is 3. The van der Waals surface area contributed by atoms with Crippen molar-refractivity contribution in [2.75, 3.05) is 6.54 Å². The van der Waals surface area contributed by atoms with E-state index in [2.05, 4.69) is 18.7 Å². The molecule has 3 nitrogen and oxygen atoms in total. The molecule has 2 aliphatic carbocycles. The number of hydrogen-bond donors (Lipinski definition) is 1. The fourth-order valence-corrected chi connectivity index (χ4v) is 4.03. The predicted molar refractivity (Wildman–Crippen MR) is 78.8 cm³/mol. The molecule has 0 aromatic heterocycles. The molecule has 1 amide bonds. The quantitative estimate of drug-likeness (QED) is 0.853. The van der Waals surface area contributed by atoms with Gasteiger partial charge in [-0.15, -0.1) is 0 Å². The Balaban J connectivity index is 2.06. The van der Waals surface area contributed by atoms with Gasteiger partial charge in [-0.3, -0.25) is 4.79 Å². The van der Waals surface area contributed by atoms with Crippen LogP contribution in [0.5, 0.6) is 0 Å². The Labute approximate surface area is 117 Å². The van der Waals surface area contributed by atoms with E-state index in [1.54, 1.807) is 0 Å². The molecule has 2 N–H and O–H groups in total. The van der Waals surface area contributed by atoms with Crippen LogP contribution in [-0.4, -0.2) is 28.9 Å². The molecule has 0 aromatic carbocycles. The van der Waals surface area contributed by atoms with E-state index in [0.29, 0.717) is 12.0 Å². The molecule has 0 saturated heterocycles. The van der Waals surface area contributed by atoms with Gasteiger partial charge in [-0.25, -0.2) is 0 Å². The largest absolute Gasteiger partial charge is 0.338 e. The lowest BCUT2D eigenvalue weighted by Crippen LogP contribution is -2.59. The van der Waals surface area contributed by atoms with Gasteiger partial charge >= 0.3 is 0 Å². The molecular formula is C16H30N2O. The van der Waals surface area contributed by atoms with E-state index >= 15 is 0 Å². The van der Waals surface area contributed by atoms with Crippen molar-refractivity contribution >= 4 is 5.91 Å². The Morgan fingerprint density at radius 3 is 2.47 bits per heavy atom. The molecule has 110 valence electrons. The minimum Gasteiger partial charge on any atom is -0.338 e. The van der Waals surface area contributed by atoms with Gasteiger partial charge in [-0.05, 0) is 38.5 Å². The summed E-state index contributed by atoms with van der Waals surface area (Å²) in [6.45, 7) is 5.14. The highest BCUT2D eigenvalue weighted by Crippen LogP contribution is 2.33. The fraction of sp³-hybridized carbons (Fsp3) is 0.938. The van der Waals surface area contributed by atoms with Crippen LogP contribution < -0.4 is 5.73 Å². The van der Waals surface area contributed by atoms with Crippen LogP contribution in [0.15, 0.2) is 0 Å². The highest BCUT2D eigenvalue weighted by molar-refractivity contribution is 5.86. The van der Waals surface area contributed by atoms with Crippen molar-refractivity contribution in [2.24, 2.45) is 11.7 Å². The van der Waals surface area contributed by atoms with Gasteiger partial charge in [0, 0.05) is 12.6 Å². The van der Waals surface area contributed by atoms with Crippen LogP contribution in [0.3, 0.4) is 0 Å². The van der Waals surface area contributed by atoms with E-state index in [9.17, 15) is 4.79 Å². The summed E-state index contributed by atoms with van der Waals surface area (Å²) in [5.41, 5.74) is 5.91. The Kier molecular flexibility index (Phi) is 4.88. The van der Waals surface area contributed by atoms with E-state index in [1.807, 2.05) is 0 Å². The van der Waals surface area contributed by atoms with Crippen molar-refractivity contribution in [3.63, 3.8) is 0 Å². The first-order valence-electron chi connectivity index (χ1n) is 8.17. The van der Waals surface area contributed by atoms with Crippen LogP contribution in [0, 0.1) is 5.92 Å². The van der Waals surface area contributed by atoms with Crippen molar-refractivity contribution in [1.82, 2.24) is 4.90 Å². The molecule has 0 bridgehead atoms. The topological polar surface area (TPSA) is 46.3 Å². The van der Waals surface area contributed by atoms with Gasteiger partial charge in [-0.2, -0.15) is 0 Å². The zero-order chi connectivity index (χ0) is 13.9.